The highest BCUT2D eigenvalue weighted by Gasteiger charge is 2.34. The Balaban J connectivity index is 2.89. The lowest BCUT2D eigenvalue weighted by atomic mass is 9.87. The van der Waals surface area contributed by atoms with Crippen molar-refractivity contribution < 1.29 is 9.53 Å². The van der Waals surface area contributed by atoms with Gasteiger partial charge in [0.1, 0.15) is 5.60 Å². The van der Waals surface area contributed by atoms with E-state index < -0.39 is 5.60 Å². The molecule has 0 heterocycles. The van der Waals surface area contributed by atoms with E-state index in [-0.39, 0.29) is 5.78 Å². The van der Waals surface area contributed by atoms with Crippen LogP contribution in [0.5, 0.6) is 0 Å². The molecule has 0 fully saturated rings. The van der Waals surface area contributed by atoms with Crippen LogP contribution in [-0.2, 0) is 16.0 Å². The molecule has 0 unspecified atom stereocenters. The van der Waals surface area contributed by atoms with Crippen molar-refractivity contribution in [1.82, 2.24) is 0 Å². The number of carbonyl (C=O) groups excluding carboxylic acids is 1. The highest BCUT2D eigenvalue weighted by molar-refractivity contribution is 5.89. The highest BCUT2D eigenvalue weighted by Crippen LogP contribution is 2.24. The van der Waals surface area contributed by atoms with Gasteiger partial charge in [-0.2, -0.15) is 0 Å². The number of hydrogen-bond donors (Lipinski definition) is 0. The van der Waals surface area contributed by atoms with Crippen LogP contribution in [0.3, 0.4) is 0 Å². The predicted molar refractivity (Wildman–Crippen MR) is 74.8 cm³/mol. The number of aryl methyl sites for hydroxylation is 1. The Bertz CT molecular complexity index is 392. The fourth-order valence-electron chi connectivity index (χ4n) is 2.35. The largest absolute Gasteiger partial charge is 0.368 e. The van der Waals surface area contributed by atoms with Crippen LogP contribution >= 0.6 is 0 Å². The molecule has 0 amide bonds. The Kier molecular flexibility index (Phi) is 5.54. The van der Waals surface area contributed by atoms with Gasteiger partial charge >= 0.3 is 0 Å². The Morgan fingerprint density at radius 3 is 2.28 bits per heavy atom. The Labute approximate surface area is 110 Å². The van der Waals surface area contributed by atoms with Crippen molar-refractivity contribution in [1.29, 1.82) is 0 Å². The van der Waals surface area contributed by atoms with Gasteiger partial charge in [0.2, 0.25) is 0 Å². The summed E-state index contributed by atoms with van der Waals surface area (Å²) in [6, 6.07) is 8.05. The summed E-state index contributed by atoms with van der Waals surface area (Å²) in [5, 5.41) is 0. The SMILES string of the molecule is CCOC(CC)(CC)C(=O)Cc1ccccc1C. The number of benzene rings is 1. The maximum Gasteiger partial charge on any atom is 0.168 e. The van der Waals surface area contributed by atoms with Gasteiger partial charge in [-0.25, -0.2) is 0 Å². The standard InChI is InChI=1S/C16H24O2/c1-5-16(6-2,18-7-3)15(17)12-14-11-9-8-10-13(14)4/h8-11H,5-7,12H2,1-4H3. The second kappa shape index (κ2) is 6.69. The summed E-state index contributed by atoms with van der Waals surface area (Å²) in [7, 11) is 0. The van der Waals surface area contributed by atoms with Crippen molar-refractivity contribution in [2.24, 2.45) is 0 Å². The molecule has 0 N–H and O–H groups in total. The van der Waals surface area contributed by atoms with Crippen LogP contribution in [0, 0.1) is 6.92 Å². The van der Waals surface area contributed by atoms with Gasteiger partial charge < -0.3 is 4.74 Å². The molecule has 1 aromatic rings. The maximum atomic E-state index is 12.5. The van der Waals surface area contributed by atoms with E-state index in [1.54, 1.807) is 0 Å². The number of Topliss-reactive ketones (excluding diaryl/α,β-unsaturated/α-hetero) is 1. The van der Waals surface area contributed by atoms with E-state index in [1.807, 2.05) is 52.0 Å². The van der Waals surface area contributed by atoms with Crippen molar-refractivity contribution in [3.05, 3.63) is 35.4 Å². The summed E-state index contributed by atoms with van der Waals surface area (Å²) < 4.78 is 5.75. The fourth-order valence-corrected chi connectivity index (χ4v) is 2.35. The van der Waals surface area contributed by atoms with Crippen molar-refractivity contribution in [2.75, 3.05) is 6.61 Å². The van der Waals surface area contributed by atoms with Gasteiger partial charge in [-0.05, 0) is 37.8 Å². The molecule has 2 nitrogen and oxygen atoms in total. The van der Waals surface area contributed by atoms with E-state index in [0.717, 1.165) is 18.4 Å². The predicted octanol–water partition coefficient (Wildman–Crippen LogP) is 3.70. The normalized spacial score (nSPS) is 11.6. The van der Waals surface area contributed by atoms with Gasteiger partial charge in [-0.3, -0.25) is 4.79 Å². The molecule has 0 atom stereocenters. The highest BCUT2D eigenvalue weighted by atomic mass is 16.5. The zero-order valence-corrected chi connectivity index (χ0v) is 12.0. The number of ether oxygens (including phenoxy) is 1. The first-order valence-corrected chi connectivity index (χ1v) is 6.81. The Hall–Kier alpha value is -1.15. The van der Waals surface area contributed by atoms with Crippen molar-refractivity contribution in [2.45, 2.75) is 52.6 Å². The van der Waals surface area contributed by atoms with Crippen LogP contribution in [0.4, 0.5) is 0 Å². The van der Waals surface area contributed by atoms with Crippen LogP contribution in [0.25, 0.3) is 0 Å². The molecule has 0 aliphatic rings. The summed E-state index contributed by atoms with van der Waals surface area (Å²) >= 11 is 0. The van der Waals surface area contributed by atoms with Gasteiger partial charge in [-0.15, -0.1) is 0 Å². The van der Waals surface area contributed by atoms with Gasteiger partial charge in [0.15, 0.2) is 5.78 Å². The minimum atomic E-state index is -0.600. The van der Waals surface area contributed by atoms with E-state index in [0.29, 0.717) is 13.0 Å². The molecular weight excluding hydrogens is 224 g/mol. The third-order valence-corrected chi connectivity index (χ3v) is 3.68. The van der Waals surface area contributed by atoms with E-state index in [2.05, 4.69) is 0 Å². The molecule has 0 aromatic heterocycles. The van der Waals surface area contributed by atoms with Crippen molar-refractivity contribution in [3.63, 3.8) is 0 Å². The first-order chi connectivity index (χ1) is 8.59. The second-order valence-corrected chi connectivity index (χ2v) is 4.66. The van der Waals surface area contributed by atoms with E-state index >= 15 is 0 Å². The third-order valence-electron chi connectivity index (χ3n) is 3.68. The topological polar surface area (TPSA) is 26.3 Å². The molecule has 18 heavy (non-hydrogen) atoms. The monoisotopic (exact) mass is 248 g/mol. The van der Waals surface area contributed by atoms with E-state index in [4.69, 9.17) is 4.74 Å². The molecule has 0 aliphatic carbocycles. The number of ketones is 1. The average Bonchev–Trinajstić information content (AvgIpc) is 2.38. The Morgan fingerprint density at radius 1 is 1.17 bits per heavy atom. The van der Waals surface area contributed by atoms with Gasteiger partial charge in [0.05, 0.1) is 0 Å². The zero-order chi connectivity index (χ0) is 13.6. The Morgan fingerprint density at radius 2 is 1.78 bits per heavy atom. The molecule has 2 heteroatoms. The molecule has 0 bridgehead atoms. The molecule has 100 valence electrons. The number of rotatable bonds is 7. The second-order valence-electron chi connectivity index (χ2n) is 4.66. The molecule has 0 radical (unpaired) electrons. The van der Waals surface area contributed by atoms with Gasteiger partial charge in [-0.1, -0.05) is 38.1 Å². The maximum absolute atomic E-state index is 12.5. The fraction of sp³-hybridized carbons (Fsp3) is 0.562. The van der Waals surface area contributed by atoms with Gasteiger partial charge in [0.25, 0.3) is 0 Å². The lowest BCUT2D eigenvalue weighted by Gasteiger charge is -2.30. The van der Waals surface area contributed by atoms with E-state index in [9.17, 15) is 4.79 Å². The summed E-state index contributed by atoms with van der Waals surface area (Å²) in [4.78, 5) is 12.5. The molecule has 0 aliphatic heterocycles. The minimum absolute atomic E-state index is 0.198. The van der Waals surface area contributed by atoms with Crippen LogP contribution < -0.4 is 0 Å². The van der Waals surface area contributed by atoms with Crippen LogP contribution in [0.2, 0.25) is 0 Å². The first-order valence-electron chi connectivity index (χ1n) is 6.81. The lowest BCUT2D eigenvalue weighted by Crippen LogP contribution is -2.41. The zero-order valence-electron chi connectivity index (χ0n) is 12.0. The van der Waals surface area contributed by atoms with Crippen LogP contribution in [-0.4, -0.2) is 18.0 Å². The summed E-state index contributed by atoms with van der Waals surface area (Å²) in [6.07, 6.45) is 1.94. The average molecular weight is 248 g/mol. The lowest BCUT2D eigenvalue weighted by molar-refractivity contribution is -0.144. The summed E-state index contributed by atoms with van der Waals surface area (Å²) in [6.45, 7) is 8.62. The first kappa shape index (κ1) is 14.9. The molecular formula is C16H24O2. The molecule has 0 spiro atoms. The molecule has 0 saturated carbocycles. The number of carbonyl (C=O) groups is 1. The van der Waals surface area contributed by atoms with Crippen LogP contribution in [0.1, 0.15) is 44.7 Å². The number of hydrogen-bond acceptors (Lipinski definition) is 2. The van der Waals surface area contributed by atoms with E-state index in [1.165, 1.54) is 5.56 Å². The molecule has 1 rings (SSSR count). The molecule has 0 saturated heterocycles. The quantitative estimate of drug-likeness (QED) is 0.735. The van der Waals surface area contributed by atoms with Crippen molar-refractivity contribution >= 4 is 5.78 Å². The summed E-state index contributed by atoms with van der Waals surface area (Å²) in [5.74, 6) is 0.198. The van der Waals surface area contributed by atoms with Crippen LogP contribution in [0.15, 0.2) is 24.3 Å². The molecule has 1 aromatic carbocycles. The minimum Gasteiger partial charge on any atom is -0.368 e. The third kappa shape index (κ3) is 3.20. The van der Waals surface area contributed by atoms with Crippen molar-refractivity contribution in [3.8, 4) is 0 Å². The smallest absolute Gasteiger partial charge is 0.168 e. The van der Waals surface area contributed by atoms with Gasteiger partial charge in [0, 0.05) is 13.0 Å². The summed E-state index contributed by atoms with van der Waals surface area (Å²) in [5.41, 5.74) is 1.67.